The van der Waals surface area contributed by atoms with E-state index in [1.165, 1.54) is 19.3 Å². The molecule has 0 aromatic rings. The van der Waals surface area contributed by atoms with Crippen molar-refractivity contribution in [1.82, 2.24) is 0 Å². The molecule has 2 aliphatic rings. The molecule has 0 aromatic carbocycles. The molecule has 1 aliphatic carbocycles. The third-order valence-electron chi connectivity index (χ3n) is 3.59. The van der Waals surface area contributed by atoms with Crippen LogP contribution in [0.4, 0.5) is 3.89 Å². The minimum absolute atomic E-state index is 0.160. The van der Waals surface area contributed by atoms with Crippen LogP contribution in [0.15, 0.2) is 0 Å². The summed E-state index contributed by atoms with van der Waals surface area (Å²) in [5.41, 5.74) is 0.160. The van der Waals surface area contributed by atoms with E-state index in [1.54, 1.807) is 0 Å². The van der Waals surface area contributed by atoms with E-state index in [0.717, 1.165) is 19.3 Å². The smallest absolute Gasteiger partial charge is 0.304 e. The van der Waals surface area contributed by atoms with Gasteiger partial charge in [-0.25, -0.2) is 0 Å². The van der Waals surface area contributed by atoms with Crippen LogP contribution in [0, 0.1) is 5.41 Å². The first-order valence-corrected chi connectivity index (χ1v) is 7.08. The number of halogens is 1. The van der Waals surface area contributed by atoms with Gasteiger partial charge in [0.1, 0.15) is 5.75 Å². The van der Waals surface area contributed by atoms with Crippen molar-refractivity contribution >= 4 is 10.2 Å². The maximum absolute atomic E-state index is 12.5. The van der Waals surface area contributed by atoms with E-state index in [-0.39, 0.29) is 5.41 Å². The van der Waals surface area contributed by atoms with Crippen LogP contribution in [0.5, 0.6) is 0 Å². The van der Waals surface area contributed by atoms with Gasteiger partial charge >= 0.3 is 10.2 Å². The zero-order valence-corrected chi connectivity index (χ0v) is 9.56. The van der Waals surface area contributed by atoms with E-state index in [2.05, 4.69) is 0 Å². The fourth-order valence-corrected chi connectivity index (χ4v) is 3.53. The van der Waals surface area contributed by atoms with Crippen molar-refractivity contribution < 1.29 is 17.0 Å². The van der Waals surface area contributed by atoms with Gasteiger partial charge in [-0.2, -0.15) is 8.42 Å². The lowest BCUT2D eigenvalue weighted by Crippen LogP contribution is -2.25. The zero-order valence-electron chi connectivity index (χ0n) is 8.75. The summed E-state index contributed by atoms with van der Waals surface area (Å²) >= 11 is 0. The van der Waals surface area contributed by atoms with Gasteiger partial charge in [0.2, 0.25) is 0 Å². The van der Waals surface area contributed by atoms with Crippen LogP contribution in [-0.2, 0) is 15.0 Å². The van der Waals surface area contributed by atoms with Crippen molar-refractivity contribution in [1.29, 1.82) is 0 Å². The summed E-state index contributed by atoms with van der Waals surface area (Å²) in [4.78, 5) is 0. The van der Waals surface area contributed by atoms with Gasteiger partial charge in [0, 0.05) is 0 Å². The molecule has 0 bridgehead atoms. The largest absolute Gasteiger partial charge is 0.376 e. The lowest BCUT2D eigenvalue weighted by atomic mass is 9.73. The second-order valence-corrected chi connectivity index (χ2v) is 6.31. The summed E-state index contributed by atoms with van der Waals surface area (Å²) in [7, 11) is -4.39. The molecule has 1 saturated carbocycles. The lowest BCUT2D eigenvalue weighted by molar-refractivity contribution is 0.0934. The Hall–Kier alpha value is -0.160. The molecule has 1 heterocycles. The first kappa shape index (κ1) is 11.3. The van der Waals surface area contributed by atoms with Gasteiger partial charge in [-0.15, -0.1) is 3.89 Å². The molecular weight excluding hydrogens is 219 g/mol. The van der Waals surface area contributed by atoms with Crippen molar-refractivity contribution in [2.75, 3.05) is 12.4 Å². The van der Waals surface area contributed by atoms with Crippen LogP contribution in [0.1, 0.15) is 38.5 Å². The van der Waals surface area contributed by atoms with E-state index >= 15 is 0 Å². The second-order valence-electron chi connectivity index (χ2n) is 4.90. The van der Waals surface area contributed by atoms with Crippen LogP contribution in [0.2, 0.25) is 0 Å². The predicted octanol–water partition coefficient (Wildman–Crippen LogP) is 2.03. The van der Waals surface area contributed by atoms with E-state index in [1.807, 2.05) is 0 Å². The summed E-state index contributed by atoms with van der Waals surface area (Å²) in [5, 5.41) is 0. The summed E-state index contributed by atoms with van der Waals surface area (Å²) in [6, 6.07) is 0. The topological polar surface area (TPSA) is 43.4 Å². The van der Waals surface area contributed by atoms with Gasteiger partial charge < -0.3 is 4.74 Å². The summed E-state index contributed by atoms with van der Waals surface area (Å²) in [6.45, 7) is 0.618. The monoisotopic (exact) mass is 236 g/mol. The maximum Gasteiger partial charge on any atom is 0.304 e. The molecule has 1 aliphatic heterocycles. The molecule has 88 valence electrons. The van der Waals surface area contributed by atoms with Crippen molar-refractivity contribution in [2.45, 2.75) is 44.6 Å². The normalized spacial score (nSPS) is 30.9. The average molecular weight is 236 g/mol. The Labute approximate surface area is 90.2 Å². The van der Waals surface area contributed by atoms with Crippen molar-refractivity contribution in [2.24, 2.45) is 5.41 Å². The van der Waals surface area contributed by atoms with Crippen LogP contribution in [0.3, 0.4) is 0 Å². The minimum atomic E-state index is -4.39. The highest BCUT2D eigenvalue weighted by molar-refractivity contribution is 7.86. The molecule has 5 heteroatoms. The Kier molecular flexibility index (Phi) is 3.03. The van der Waals surface area contributed by atoms with Crippen LogP contribution >= 0.6 is 0 Å². The number of rotatable bonds is 2. The maximum atomic E-state index is 12.5. The number of ether oxygens (including phenoxy) is 1. The quantitative estimate of drug-likeness (QED) is 0.689. The van der Waals surface area contributed by atoms with Crippen molar-refractivity contribution in [3.63, 3.8) is 0 Å². The fourth-order valence-electron chi connectivity index (χ4n) is 2.87. The third kappa shape index (κ3) is 2.91. The molecule has 0 amide bonds. The highest BCUT2D eigenvalue weighted by Gasteiger charge is 2.42. The Morgan fingerprint density at radius 3 is 2.53 bits per heavy atom. The molecule has 2 fully saturated rings. The number of hydrogen-bond donors (Lipinski definition) is 0. The van der Waals surface area contributed by atoms with Crippen molar-refractivity contribution in [3.8, 4) is 0 Å². The van der Waals surface area contributed by atoms with Gasteiger partial charge in [-0.05, 0) is 24.7 Å². The van der Waals surface area contributed by atoms with Crippen molar-refractivity contribution in [3.05, 3.63) is 0 Å². The molecule has 0 aromatic heterocycles. The standard InChI is InChI=1S/C10H17FO3S/c11-15(12,13)7-9-6-10(8-14-9)4-2-1-3-5-10/h9H,1-8H2. The van der Waals surface area contributed by atoms with Crippen LogP contribution < -0.4 is 0 Å². The van der Waals surface area contributed by atoms with Gasteiger partial charge in [-0.3, -0.25) is 0 Å². The third-order valence-corrected chi connectivity index (χ3v) is 4.36. The van der Waals surface area contributed by atoms with Gasteiger partial charge in [0.25, 0.3) is 0 Å². The molecule has 1 saturated heterocycles. The van der Waals surface area contributed by atoms with Gasteiger partial charge in [-0.1, -0.05) is 19.3 Å². The molecule has 3 nitrogen and oxygen atoms in total. The summed E-state index contributed by atoms with van der Waals surface area (Å²) in [6.07, 6.45) is 6.16. The van der Waals surface area contributed by atoms with E-state index in [4.69, 9.17) is 4.74 Å². The fraction of sp³-hybridized carbons (Fsp3) is 1.00. The molecular formula is C10H17FO3S. The average Bonchev–Trinajstić information content (AvgIpc) is 2.47. The Bertz CT molecular complexity index is 320. The highest BCUT2D eigenvalue weighted by atomic mass is 32.3. The van der Waals surface area contributed by atoms with Crippen LogP contribution in [-0.4, -0.2) is 26.9 Å². The van der Waals surface area contributed by atoms with Gasteiger partial charge in [0.05, 0.1) is 12.7 Å². The molecule has 15 heavy (non-hydrogen) atoms. The molecule has 1 spiro atoms. The summed E-state index contributed by atoms with van der Waals surface area (Å²) in [5.74, 6) is -0.464. The molecule has 1 atom stereocenters. The summed E-state index contributed by atoms with van der Waals surface area (Å²) < 4.78 is 38.9. The molecule has 0 radical (unpaired) electrons. The lowest BCUT2D eigenvalue weighted by Gasteiger charge is -2.31. The molecule has 0 N–H and O–H groups in total. The van der Waals surface area contributed by atoms with Crippen LogP contribution in [0.25, 0.3) is 0 Å². The minimum Gasteiger partial charge on any atom is -0.376 e. The second kappa shape index (κ2) is 4.01. The first-order chi connectivity index (χ1) is 6.99. The Morgan fingerprint density at radius 1 is 1.27 bits per heavy atom. The molecule has 1 unspecified atom stereocenters. The highest BCUT2D eigenvalue weighted by Crippen LogP contribution is 2.45. The Morgan fingerprint density at radius 2 is 1.93 bits per heavy atom. The predicted molar refractivity (Wildman–Crippen MR) is 54.8 cm³/mol. The zero-order chi connectivity index (χ0) is 10.9. The number of hydrogen-bond acceptors (Lipinski definition) is 3. The SMILES string of the molecule is O=S(=O)(F)CC1CC2(CCCCC2)CO1. The Balaban J connectivity index is 1.93. The first-order valence-electron chi connectivity index (χ1n) is 5.53. The van der Waals surface area contributed by atoms with Gasteiger partial charge in [0.15, 0.2) is 0 Å². The van der Waals surface area contributed by atoms with E-state index in [9.17, 15) is 12.3 Å². The molecule has 2 rings (SSSR count). The van der Waals surface area contributed by atoms with E-state index < -0.39 is 22.1 Å². The van der Waals surface area contributed by atoms with E-state index in [0.29, 0.717) is 6.61 Å².